The highest BCUT2D eigenvalue weighted by atomic mass is 16.5. The van der Waals surface area contributed by atoms with Gasteiger partial charge in [0, 0.05) is 19.3 Å². The van der Waals surface area contributed by atoms with Gasteiger partial charge in [-0.25, -0.2) is 4.98 Å². The molecule has 1 aliphatic carbocycles. The second-order valence-corrected chi connectivity index (χ2v) is 5.51. The summed E-state index contributed by atoms with van der Waals surface area (Å²) in [7, 11) is 1.96. The normalized spacial score (nSPS) is 27.1. The van der Waals surface area contributed by atoms with Gasteiger partial charge >= 0.3 is 0 Å². The van der Waals surface area contributed by atoms with E-state index >= 15 is 0 Å². The molecule has 2 atom stereocenters. The van der Waals surface area contributed by atoms with E-state index in [0.29, 0.717) is 12.1 Å². The van der Waals surface area contributed by atoms with E-state index < -0.39 is 0 Å². The van der Waals surface area contributed by atoms with Gasteiger partial charge in [0.15, 0.2) is 0 Å². The molecule has 2 heterocycles. The maximum Gasteiger partial charge on any atom is 0.128 e. The second-order valence-electron chi connectivity index (χ2n) is 5.51. The Kier molecular flexibility index (Phi) is 3.99. The van der Waals surface area contributed by atoms with Crippen molar-refractivity contribution in [3.8, 4) is 0 Å². The van der Waals surface area contributed by atoms with Crippen molar-refractivity contribution in [3.63, 3.8) is 0 Å². The molecule has 0 radical (unpaired) electrons. The molecule has 2 unspecified atom stereocenters. The number of fused-ring (bicyclic) bond motifs is 1. The Morgan fingerprint density at radius 1 is 1.37 bits per heavy atom. The van der Waals surface area contributed by atoms with E-state index in [4.69, 9.17) is 4.74 Å². The topological polar surface area (TPSA) is 37.4 Å². The Labute approximate surface area is 115 Å². The van der Waals surface area contributed by atoms with Gasteiger partial charge in [-0.05, 0) is 31.5 Å². The standard InChI is InChI=1S/C15H23N3O/c1-16-10-12-6-7-15(17-11-12)18-8-9-19-14-5-3-2-4-13(14)18/h6-7,11,13-14,16H,2-5,8-10H2,1H3. The lowest BCUT2D eigenvalue weighted by molar-refractivity contribution is -0.00898. The summed E-state index contributed by atoms with van der Waals surface area (Å²) in [6, 6.07) is 4.86. The third-order valence-corrected chi connectivity index (χ3v) is 4.22. The van der Waals surface area contributed by atoms with E-state index in [1.807, 2.05) is 13.2 Å². The number of ether oxygens (including phenoxy) is 1. The van der Waals surface area contributed by atoms with Crippen molar-refractivity contribution in [2.45, 2.75) is 44.4 Å². The van der Waals surface area contributed by atoms with E-state index in [-0.39, 0.29) is 0 Å². The molecular formula is C15H23N3O. The number of rotatable bonds is 3. The predicted molar refractivity (Wildman–Crippen MR) is 76.3 cm³/mol. The Hall–Kier alpha value is -1.13. The second kappa shape index (κ2) is 5.88. The van der Waals surface area contributed by atoms with Crippen molar-refractivity contribution in [1.82, 2.24) is 10.3 Å². The van der Waals surface area contributed by atoms with Crippen molar-refractivity contribution in [2.24, 2.45) is 0 Å². The van der Waals surface area contributed by atoms with Crippen LogP contribution in [0.2, 0.25) is 0 Å². The van der Waals surface area contributed by atoms with E-state index in [1.54, 1.807) is 0 Å². The molecule has 1 aromatic rings. The van der Waals surface area contributed by atoms with Crippen LogP contribution in [0.5, 0.6) is 0 Å². The summed E-state index contributed by atoms with van der Waals surface area (Å²) in [5.74, 6) is 1.11. The molecule has 0 aromatic carbocycles. The van der Waals surface area contributed by atoms with Crippen LogP contribution in [0.1, 0.15) is 31.2 Å². The van der Waals surface area contributed by atoms with Crippen LogP contribution in [0.25, 0.3) is 0 Å². The first-order chi connectivity index (χ1) is 9.38. The third-order valence-electron chi connectivity index (χ3n) is 4.22. The lowest BCUT2D eigenvalue weighted by atomic mass is 9.90. The van der Waals surface area contributed by atoms with Crippen LogP contribution < -0.4 is 10.2 Å². The Balaban J connectivity index is 1.75. The molecule has 1 saturated heterocycles. The van der Waals surface area contributed by atoms with E-state index in [0.717, 1.165) is 25.5 Å². The fraction of sp³-hybridized carbons (Fsp3) is 0.667. The minimum Gasteiger partial charge on any atom is -0.374 e. The summed E-state index contributed by atoms with van der Waals surface area (Å²) in [6.45, 7) is 2.68. The molecule has 0 spiro atoms. The van der Waals surface area contributed by atoms with Gasteiger partial charge < -0.3 is 15.0 Å². The Morgan fingerprint density at radius 3 is 3.05 bits per heavy atom. The molecule has 1 saturated carbocycles. The van der Waals surface area contributed by atoms with Crippen LogP contribution in [0.4, 0.5) is 5.82 Å². The number of hydrogen-bond acceptors (Lipinski definition) is 4. The van der Waals surface area contributed by atoms with Crippen molar-refractivity contribution in [1.29, 1.82) is 0 Å². The highest BCUT2D eigenvalue weighted by molar-refractivity contribution is 5.41. The quantitative estimate of drug-likeness (QED) is 0.902. The zero-order chi connectivity index (χ0) is 13.1. The van der Waals surface area contributed by atoms with Gasteiger partial charge in [0.25, 0.3) is 0 Å². The van der Waals surface area contributed by atoms with Gasteiger partial charge in [0.1, 0.15) is 5.82 Å². The number of hydrogen-bond donors (Lipinski definition) is 1. The molecule has 1 aromatic heterocycles. The third kappa shape index (κ3) is 2.74. The molecule has 2 fully saturated rings. The van der Waals surface area contributed by atoms with Crippen LogP contribution in [-0.4, -0.2) is 37.3 Å². The molecule has 0 amide bonds. The average molecular weight is 261 g/mol. The van der Waals surface area contributed by atoms with Gasteiger partial charge in [-0.2, -0.15) is 0 Å². The van der Waals surface area contributed by atoms with E-state index in [2.05, 4.69) is 27.3 Å². The minimum atomic E-state index is 0.418. The van der Waals surface area contributed by atoms with Crippen LogP contribution in [-0.2, 0) is 11.3 Å². The smallest absolute Gasteiger partial charge is 0.128 e. The summed E-state index contributed by atoms with van der Waals surface area (Å²) < 4.78 is 5.92. The van der Waals surface area contributed by atoms with Crippen LogP contribution >= 0.6 is 0 Å². The highest BCUT2D eigenvalue weighted by Gasteiger charge is 2.34. The monoisotopic (exact) mass is 261 g/mol. The average Bonchev–Trinajstić information content (AvgIpc) is 2.48. The maximum absolute atomic E-state index is 5.92. The van der Waals surface area contributed by atoms with Crippen LogP contribution in [0.3, 0.4) is 0 Å². The van der Waals surface area contributed by atoms with Gasteiger partial charge in [-0.1, -0.05) is 18.9 Å². The lowest BCUT2D eigenvalue weighted by Gasteiger charge is -2.44. The molecule has 3 rings (SSSR count). The highest BCUT2D eigenvalue weighted by Crippen LogP contribution is 2.31. The maximum atomic E-state index is 5.92. The van der Waals surface area contributed by atoms with Crippen LogP contribution in [0, 0.1) is 0 Å². The summed E-state index contributed by atoms with van der Waals surface area (Å²) in [6.07, 6.45) is 7.48. The number of aromatic nitrogens is 1. The number of nitrogens with zero attached hydrogens (tertiary/aromatic N) is 2. The van der Waals surface area contributed by atoms with Crippen molar-refractivity contribution in [2.75, 3.05) is 25.1 Å². The van der Waals surface area contributed by atoms with Gasteiger partial charge in [0.05, 0.1) is 18.8 Å². The van der Waals surface area contributed by atoms with Crippen molar-refractivity contribution in [3.05, 3.63) is 23.9 Å². The summed E-state index contributed by atoms with van der Waals surface area (Å²) in [5.41, 5.74) is 1.24. The number of morpholine rings is 1. The number of nitrogens with one attached hydrogen (secondary N) is 1. The zero-order valence-corrected chi connectivity index (χ0v) is 11.6. The molecule has 4 heteroatoms. The summed E-state index contributed by atoms with van der Waals surface area (Å²) >= 11 is 0. The Morgan fingerprint density at radius 2 is 2.26 bits per heavy atom. The lowest BCUT2D eigenvalue weighted by Crippen LogP contribution is -2.53. The van der Waals surface area contributed by atoms with E-state index in [1.165, 1.54) is 31.2 Å². The van der Waals surface area contributed by atoms with Gasteiger partial charge in [0.2, 0.25) is 0 Å². The van der Waals surface area contributed by atoms with Crippen molar-refractivity contribution < 1.29 is 4.74 Å². The molecule has 104 valence electrons. The molecular weight excluding hydrogens is 238 g/mol. The fourth-order valence-corrected chi connectivity index (χ4v) is 3.28. The molecule has 0 bridgehead atoms. The molecule has 2 aliphatic rings. The summed E-state index contributed by atoms with van der Waals surface area (Å²) in [5, 5.41) is 3.15. The predicted octanol–water partition coefficient (Wildman–Crippen LogP) is 1.95. The van der Waals surface area contributed by atoms with Crippen LogP contribution in [0.15, 0.2) is 18.3 Å². The first kappa shape index (κ1) is 12.9. The molecule has 4 nitrogen and oxygen atoms in total. The number of pyridine rings is 1. The fourth-order valence-electron chi connectivity index (χ4n) is 3.28. The first-order valence-electron chi connectivity index (χ1n) is 7.36. The summed E-state index contributed by atoms with van der Waals surface area (Å²) in [4.78, 5) is 7.10. The SMILES string of the molecule is CNCc1ccc(N2CCOC3CCCCC32)nc1. The minimum absolute atomic E-state index is 0.418. The first-order valence-corrected chi connectivity index (χ1v) is 7.36. The number of anilines is 1. The molecule has 1 N–H and O–H groups in total. The van der Waals surface area contributed by atoms with Gasteiger partial charge in [-0.15, -0.1) is 0 Å². The van der Waals surface area contributed by atoms with Gasteiger partial charge in [-0.3, -0.25) is 0 Å². The molecule has 1 aliphatic heterocycles. The van der Waals surface area contributed by atoms with E-state index in [9.17, 15) is 0 Å². The Bertz CT molecular complexity index is 404. The largest absolute Gasteiger partial charge is 0.374 e. The zero-order valence-electron chi connectivity index (χ0n) is 11.6. The van der Waals surface area contributed by atoms with Crippen molar-refractivity contribution >= 4 is 5.82 Å². The molecule has 19 heavy (non-hydrogen) atoms.